The predicted octanol–water partition coefficient (Wildman–Crippen LogP) is 2.58. The number of ether oxygens (including phenoxy) is 2. The van der Waals surface area contributed by atoms with Crippen LogP contribution in [-0.4, -0.2) is 26.2 Å². The van der Waals surface area contributed by atoms with Crippen molar-refractivity contribution >= 4 is 11.6 Å². The van der Waals surface area contributed by atoms with E-state index in [2.05, 4.69) is 10.6 Å². The smallest absolute Gasteiger partial charge is 0.263 e. The molecule has 1 saturated carbocycles. The van der Waals surface area contributed by atoms with Crippen LogP contribution in [0, 0.1) is 11.3 Å². The van der Waals surface area contributed by atoms with E-state index < -0.39 is 0 Å². The first-order chi connectivity index (χ1) is 11.2. The summed E-state index contributed by atoms with van der Waals surface area (Å²) in [6.07, 6.45) is 5.60. The summed E-state index contributed by atoms with van der Waals surface area (Å²) in [6.45, 7) is 0. The quantitative estimate of drug-likeness (QED) is 0.623. The summed E-state index contributed by atoms with van der Waals surface area (Å²) in [4.78, 5) is 12.1. The monoisotopic (exact) mass is 315 g/mol. The molecule has 0 aliphatic heterocycles. The number of hydrogen-bond donors (Lipinski definition) is 2. The molecule has 6 heteroatoms. The molecule has 1 aromatic rings. The van der Waals surface area contributed by atoms with Crippen LogP contribution < -0.4 is 20.1 Å². The summed E-state index contributed by atoms with van der Waals surface area (Å²) in [5.41, 5.74) is 0.685. The zero-order valence-corrected chi connectivity index (χ0v) is 13.4. The lowest BCUT2D eigenvalue weighted by molar-refractivity contribution is -0.117. The molecule has 6 nitrogen and oxygen atoms in total. The maximum Gasteiger partial charge on any atom is 0.263 e. The van der Waals surface area contributed by atoms with Crippen LogP contribution in [0.25, 0.3) is 0 Å². The molecule has 2 rings (SSSR count). The minimum Gasteiger partial charge on any atom is -0.497 e. The predicted molar refractivity (Wildman–Crippen MR) is 87.3 cm³/mol. The van der Waals surface area contributed by atoms with E-state index in [0.717, 1.165) is 25.7 Å². The van der Waals surface area contributed by atoms with E-state index in [0.29, 0.717) is 17.2 Å². The Morgan fingerprint density at radius 2 is 2.04 bits per heavy atom. The fraction of sp³-hybridized carbons (Fsp3) is 0.412. The van der Waals surface area contributed by atoms with Crippen molar-refractivity contribution in [3.8, 4) is 17.6 Å². The summed E-state index contributed by atoms with van der Waals surface area (Å²) < 4.78 is 10.4. The molecule has 0 spiro atoms. The number of carbonyl (C=O) groups is 1. The molecular weight excluding hydrogens is 294 g/mol. The average Bonchev–Trinajstić information content (AvgIpc) is 3.08. The third-order valence-electron chi connectivity index (χ3n) is 3.84. The molecule has 0 atom stereocenters. The van der Waals surface area contributed by atoms with Crippen LogP contribution in [0.3, 0.4) is 0 Å². The Morgan fingerprint density at radius 1 is 1.30 bits per heavy atom. The van der Waals surface area contributed by atoms with Crippen molar-refractivity contribution in [3.05, 3.63) is 30.0 Å². The van der Waals surface area contributed by atoms with E-state index in [1.807, 2.05) is 6.07 Å². The zero-order valence-electron chi connectivity index (χ0n) is 13.4. The van der Waals surface area contributed by atoms with Gasteiger partial charge < -0.3 is 20.1 Å². The van der Waals surface area contributed by atoms with Gasteiger partial charge in [-0.05, 0) is 25.0 Å². The number of methoxy groups -OCH3 is 2. The highest BCUT2D eigenvalue weighted by Crippen LogP contribution is 2.29. The molecule has 122 valence electrons. The molecule has 1 aliphatic carbocycles. The van der Waals surface area contributed by atoms with Crippen molar-refractivity contribution in [1.29, 1.82) is 5.26 Å². The Morgan fingerprint density at radius 3 is 2.65 bits per heavy atom. The van der Waals surface area contributed by atoms with Gasteiger partial charge in [0.2, 0.25) is 0 Å². The maximum absolute atomic E-state index is 12.1. The van der Waals surface area contributed by atoms with Gasteiger partial charge in [-0.25, -0.2) is 0 Å². The maximum atomic E-state index is 12.1. The molecule has 0 saturated heterocycles. The first-order valence-electron chi connectivity index (χ1n) is 7.57. The molecule has 0 aromatic heterocycles. The SMILES string of the molecule is COc1ccc(N/C=C(/C#N)C(=O)NC2CCCC2)c(OC)c1. The van der Waals surface area contributed by atoms with Gasteiger partial charge in [-0.1, -0.05) is 12.8 Å². The number of nitriles is 1. The van der Waals surface area contributed by atoms with Crippen molar-refractivity contribution in [3.63, 3.8) is 0 Å². The van der Waals surface area contributed by atoms with Crippen LogP contribution in [0.1, 0.15) is 25.7 Å². The van der Waals surface area contributed by atoms with E-state index >= 15 is 0 Å². The Hall–Kier alpha value is -2.68. The van der Waals surface area contributed by atoms with Gasteiger partial charge in [0.05, 0.1) is 19.9 Å². The highest BCUT2D eigenvalue weighted by Gasteiger charge is 2.19. The third kappa shape index (κ3) is 4.39. The Balaban J connectivity index is 2.07. The summed E-state index contributed by atoms with van der Waals surface area (Å²) in [7, 11) is 3.12. The number of hydrogen-bond acceptors (Lipinski definition) is 5. The van der Waals surface area contributed by atoms with Gasteiger partial charge in [0.1, 0.15) is 23.1 Å². The van der Waals surface area contributed by atoms with Gasteiger partial charge in [0, 0.05) is 18.3 Å². The van der Waals surface area contributed by atoms with Gasteiger partial charge >= 0.3 is 0 Å². The fourth-order valence-electron chi connectivity index (χ4n) is 2.55. The number of anilines is 1. The second-order valence-electron chi connectivity index (χ2n) is 5.34. The van der Waals surface area contributed by atoms with Crippen molar-refractivity contribution < 1.29 is 14.3 Å². The molecule has 2 N–H and O–H groups in total. The van der Waals surface area contributed by atoms with E-state index in [4.69, 9.17) is 9.47 Å². The van der Waals surface area contributed by atoms with Crippen molar-refractivity contribution in [2.75, 3.05) is 19.5 Å². The van der Waals surface area contributed by atoms with E-state index in [1.165, 1.54) is 6.20 Å². The van der Waals surface area contributed by atoms with Gasteiger partial charge in [0.25, 0.3) is 5.91 Å². The summed E-state index contributed by atoms with van der Waals surface area (Å²) in [5, 5.41) is 15.0. The number of nitrogens with zero attached hydrogens (tertiary/aromatic N) is 1. The van der Waals surface area contributed by atoms with E-state index in [-0.39, 0.29) is 17.5 Å². The first kappa shape index (κ1) is 16.7. The second kappa shape index (κ2) is 8.08. The van der Waals surface area contributed by atoms with Crippen LogP contribution in [0.5, 0.6) is 11.5 Å². The molecule has 1 fully saturated rings. The largest absolute Gasteiger partial charge is 0.497 e. The highest BCUT2D eigenvalue weighted by atomic mass is 16.5. The van der Waals surface area contributed by atoms with Gasteiger partial charge in [-0.3, -0.25) is 4.79 Å². The molecule has 1 aromatic carbocycles. The second-order valence-corrected chi connectivity index (χ2v) is 5.34. The van der Waals surface area contributed by atoms with Gasteiger partial charge in [0.15, 0.2) is 0 Å². The lowest BCUT2D eigenvalue weighted by Gasteiger charge is -2.12. The summed E-state index contributed by atoms with van der Waals surface area (Å²) in [5.74, 6) is 0.879. The van der Waals surface area contributed by atoms with Crippen LogP contribution in [0.2, 0.25) is 0 Å². The van der Waals surface area contributed by atoms with E-state index in [9.17, 15) is 10.1 Å². The molecule has 0 unspecified atom stereocenters. The van der Waals surface area contributed by atoms with Crippen molar-refractivity contribution in [2.45, 2.75) is 31.7 Å². The molecule has 0 bridgehead atoms. The molecule has 1 amide bonds. The Labute approximate surface area is 136 Å². The highest BCUT2D eigenvalue weighted by molar-refractivity contribution is 5.97. The first-order valence-corrected chi connectivity index (χ1v) is 7.57. The van der Waals surface area contributed by atoms with Crippen molar-refractivity contribution in [1.82, 2.24) is 5.32 Å². The Bertz CT molecular complexity index is 628. The Kier molecular flexibility index (Phi) is 5.87. The summed E-state index contributed by atoms with van der Waals surface area (Å²) >= 11 is 0. The number of rotatable bonds is 6. The minimum absolute atomic E-state index is 0.0368. The number of benzene rings is 1. The molecule has 0 radical (unpaired) electrons. The topological polar surface area (TPSA) is 83.4 Å². The van der Waals surface area contributed by atoms with Gasteiger partial charge in [-0.15, -0.1) is 0 Å². The third-order valence-corrected chi connectivity index (χ3v) is 3.84. The number of amides is 1. The fourth-order valence-corrected chi connectivity index (χ4v) is 2.55. The van der Waals surface area contributed by atoms with E-state index in [1.54, 1.807) is 32.4 Å². The molecule has 0 heterocycles. The average molecular weight is 315 g/mol. The number of carbonyl (C=O) groups excluding carboxylic acids is 1. The lowest BCUT2D eigenvalue weighted by atomic mass is 10.2. The lowest BCUT2D eigenvalue weighted by Crippen LogP contribution is -2.33. The zero-order chi connectivity index (χ0) is 16.7. The van der Waals surface area contributed by atoms with Gasteiger partial charge in [-0.2, -0.15) is 5.26 Å². The van der Waals surface area contributed by atoms with Crippen molar-refractivity contribution in [2.24, 2.45) is 0 Å². The number of nitrogens with one attached hydrogen (secondary N) is 2. The van der Waals surface area contributed by atoms with Crippen LogP contribution in [0.15, 0.2) is 30.0 Å². The van der Waals surface area contributed by atoms with Crippen LogP contribution in [-0.2, 0) is 4.79 Å². The molecular formula is C17H21N3O3. The van der Waals surface area contributed by atoms with Crippen LogP contribution >= 0.6 is 0 Å². The molecule has 1 aliphatic rings. The standard InChI is InChI=1S/C17H21N3O3/c1-22-14-7-8-15(16(9-14)23-2)19-11-12(10-18)17(21)20-13-5-3-4-6-13/h7-9,11,13,19H,3-6H2,1-2H3,(H,20,21)/b12-11-. The van der Waals surface area contributed by atoms with Crippen LogP contribution in [0.4, 0.5) is 5.69 Å². The normalized spacial score (nSPS) is 14.9. The molecule has 23 heavy (non-hydrogen) atoms. The minimum atomic E-state index is -0.348. The summed E-state index contributed by atoms with van der Waals surface area (Å²) in [6, 6.07) is 7.36.